The zero-order chi connectivity index (χ0) is 19.0. The van der Waals surface area contributed by atoms with E-state index >= 15 is 0 Å². The molecule has 2 heterocycles. The second kappa shape index (κ2) is 7.52. The van der Waals surface area contributed by atoms with Crippen LogP contribution < -0.4 is 4.74 Å². The maximum atomic E-state index is 13.2. The summed E-state index contributed by atoms with van der Waals surface area (Å²) in [5, 5.41) is 14.6. The maximum absolute atomic E-state index is 13.2. The third kappa shape index (κ3) is 3.44. The molecular weight excluding hydrogens is 366 g/mol. The molecule has 2 aromatic rings. The summed E-state index contributed by atoms with van der Waals surface area (Å²) in [7, 11) is 1.83. The van der Waals surface area contributed by atoms with Crippen LogP contribution in [0.1, 0.15) is 41.7 Å². The Bertz CT molecular complexity index is 858. The average Bonchev–Trinajstić information content (AvgIpc) is 3.28. The molecule has 0 unspecified atom stereocenters. The van der Waals surface area contributed by atoms with Crippen LogP contribution in [0, 0.1) is 5.92 Å². The smallest absolute Gasteiger partial charge is 0.274 e. The molecule has 144 valence electrons. The molecule has 0 radical (unpaired) electrons. The molecule has 0 atom stereocenters. The van der Waals surface area contributed by atoms with E-state index in [9.17, 15) is 9.90 Å². The first-order valence-electron chi connectivity index (χ1n) is 9.47. The third-order valence-corrected chi connectivity index (χ3v) is 5.76. The molecule has 1 aromatic carbocycles. The Balaban J connectivity index is 1.68. The van der Waals surface area contributed by atoms with Crippen molar-refractivity contribution in [3.63, 3.8) is 0 Å². The quantitative estimate of drug-likeness (QED) is 0.852. The molecule has 0 spiro atoms. The molecule has 1 aromatic heterocycles. The van der Waals surface area contributed by atoms with E-state index < -0.39 is 0 Å². The summed E-state index contributed by atoms with van der Waals surface area (Å²) in [5.41, 5.74) is 2.91. The van der Waals surface area contributed by atoms with Crippen molar-refractivity contribution in [3.05, 3.63) is 34.5 Å². The molecule has 2 aliphatic rings. The van der Waals surface area contributed by atoms with E-state index in [2.05, 4.69) is 5.10 Å². The minimum atomic E-state index is -0.137. The minimum absolute atomic E-state index is 0.0531. The van der Waals surface area contributed by atoms with Crippen LogP contribution in [0.2, 0.25) is 5.02 Å². The summed E-state index contributed by atoms with van der Waals surface area (Å²) < 4.78 is 7.58. The number of carbonyl (C=O) groups is 1. The van der Waals surface area contributed by atoms with Crippen molar-refractivity contribution in [2.45, 2.75) is 32.3 Å². The molecule has 1 N–H and O–H groups in total. The van der Waals surface area contributed by atoms with Crippen molar-refractivity contribution in [1.29, 1.82) is 0 Å². The van der Waals surface area contributed by atoms with Gasteiger partial charge in [-0.3, -0.25) is 9.48 Å². The van der Waals surface area contributed by atoms with Crippen molar-refractivity contribution in [2.75, 3.05) is 19.7 Å². The Morgan fingerprint density at radius 1 is 1.41 bits per heavy atom. The standard InChI is InChI=1S/C20H24ClN3O3/c1-23-19-15-10-14(21)6-7-17(15)27-12-16(19)18(22-23)20(26)24(8-9-25)11-13-4-2-3-5-13/h6-7,10,13,25H,2-5,8-9,11-12H2,1H3. The second-order valence-corrected chi connectivity index (χ2v) is 7.79. The number of hydrogen-bond donors (Lipinski definition) is 1. The van der Waals surface area contributed by atoms with Crippen LogP contribution >= 0.6 is 11.6 Å². The Kier molecular flexibility index (Phi) is 5.10. The van der Waals surface area contributed by atoms with E-state index in [1.54, 1.807) is 15.6 Å². The minimum Gasteiger partial charge on any atom is -0.488 e. The first kappa shape index (κ1) is 18.3. The van der Waals surface area contributed by atoms with E-state index in [1.807, 2.05) is 19.2 Å². The highest BCUT2D eigenvalue weighted by atomic mass is 35.5. The van der Waals surface area contributed by atoms with Gasteiger partial charge in [-0.15, -0.1) is 0 Å². The highest BCUT2D eigenvalue weighted by Gasteiger charge is 2.31. The monoisotopic (exact) mass is 389 g/mol. The number of carbonyl (C=O) groups excluding carboxylic acids is 1. The lowest BCUT2D eigenvalue weighted by molar-refractivity contribution is 0.0682. The Hall–Kier alpha value is -2.05. The number of aryl methyl sites for hydroxylation is 1. The van der Waals surface area contributed by atoms with Gasteiger partial charge in [-0.25, -0.2) is 0 Å². The van der Waals surface area contributed by atoms with Gasteiger partial charge >= 0.3 is 0 Å². The molecule has 1 aliphatic heterocycles. The molecule has 1 saturated carbocycles. The molecule has 1 fully saturated rings. The number of halogens is 1. The van der Waals surface area contributed by atoms with Gasteiger partial charge in [0.15, 0.2) is 5.69 Å². The molecule has 7 heteroatoms. The normalized spacial score (nSPS) is 16.0. The number of rotatable bonds is 5. The topological polar surface area (TPSA) is 67.6 Å². The van der Waals surface area contributed by atoms with Gasteiger partial charge in [0, 0.05) is 36.3 Å². The van der Waals surface area contributed by atoms with Crippen LogP contribution in [0.5, 0.6) is 5.75 Å². The van der Waals surface area contributed by atoms with E-state index in [0.717, 1.165) is 35.4 Å². The fourth-order valence-electron chi connectivity index (χ4n) is 4.23. The summed E-state index contributed by atoms with van der Waals surface area (Å²) >= 11 is 6.16. The lowest BCUT2D eigenvalue weighted by Gasteiger charge is -2.25. The summed E-state index contributed by atoms with van der Waals surface area (Å²) in [5.74, 6) is 1.12. The third-order valence-electron chi connectivity index (χ3n) is 5.53. The van der Waals surface area contributed by atoms with Crippen LogP contribution in [0.4, 0.5) is 0 Å². The number of amides is 1. The number of aromatic nitrogens is 2. The first-order chi connectivity index (χ1) is 13.1. The summed E-state index contributed by atoms with van der Waals surface area (Å²) in [6, 6.07) is 5.47. The van der Waals surface area contributed by atoms with Gasteiger partial charge < -0.3 is 14.7 Å². The van der Waals surface area contributed by atoms with Gasteiger partial charge in [0.2, 0.25) is 0 Å². The van der Waals surface area contributed by atoms with Gasteiger partial charge in [0.1, 0.15) is 12.4 Å². The Morgan fingerprint density at radius 2 is 2.19 bits per heavy atom. The fraction of sp³-hybridized carbons (Fsp3) is 0.500. The molecular formula is C20H24ClN3O3. The number of aliphatic hydroxyl groups excluding tert-OH is 1. The molecule has 0 saturated heterocycles. The Morgan fingerprint density at radius 3 is 2.93 bits per heavy atom. The van der Waals surface area contributed by atoms with E-state index in [1.165, 1.54) is 12.8 Å². The highest BCUT2D eigenvalue weighted by Crippen LogP contribution is 2.40. The lowest BCUT2D eigenvalue weighted by Crippen LogP contribution is -2.37. The maximum Gasteiger partial charge on any atom is 0.274 e. The molecule has 27 heavy (non-hydrogen) atoms. The van der Waals surface area contributed by atoms with Gasteiger partial charge in [0.25, 0.3) is 5.91 Å². The number of nitrogens with zero attached hydrogens (tertiary/aromatic N) is 3. The summed E-state index contributed by atoms with van der Waals surface area (Å²) in [4.78, 5) is 15.0. The highest BCUT2D eigenvalue weighted by molar-refractivity contribution is 6.31. The lowest BCUT2D eigenvalue weighted by atomic mass is 10.0. The van der Waals surface area contributed by atoms with Crippen molar-refractivity contribution in [3.8, 4) is 17.0 Å². The number of benzene rings is 1. The second-order valence-electron chi connectivity index (χ2n) is 7.35. The van der Waals surface area contributed by atoms with Crippen LogP contribution in [0.15, 0.2) is 18.2 Å². The van der Waals surface area contributed by atoms with Crippen molar-refractivity contribution in [2.24, 2.45) is 13.0 Å². The molecule has 1 amide bonds. The van der Waals surface area contributed by atoms with Crippen LogP contribution in [-0.4, -0.2) is 45.4 Å². The van der Waals surface area contributed by atoms with Gasteiger partial charge in [-0.05, 0) is 37.0 Å². The Labute approximate surface area is 163 Å². The van der Waals surface area contributed by atoms with Crippen molar-refractivity contribution >= 4 is 17.5 Å². The van der Waals surface area contributed by atoms with Crippen LogP contribution in [-0.2, 0) is 13.7 Å². The molecule has 0 bridgehead atoms. The first-order valence-corrected chi connectivity index (χ1v) is 9.85. The van der Waals surface area contributed by atoms with E-state index in [-0.39, 0.29) is 12.5 Å². The van der Waals surface area contributed by atoms with Gasteiger partial charge in [-0.1, -0.05) is 24.4 Å². The van der Waals surface area contributed by atoms with Crippen molar-refractivity contribution < 1.29 is 14.6 Å². The summed E-state index contributed by atoms with van der Waals surface area (Å²) in [6.45, 7) is 1.25. The SMILES string of the molecule is Cn1nc(C(=O)N(CCO)CC2CCCC2)c2c1-c1cc(Cl)ccc1OC2. The van der Waals surface area contributed by atoms with Gasteiger partial charge in [-0.2, -0.15) is 5.10 Å². The number of ether oxygens (including phenoxy) is 1. The zero-order valence-electron chi connectivity index (χ0n) is 15.4. The number of aliphatic hydroxyl groups is 1. The molecule has 4 rings (SSSR count). The predicted molar refractivity (Wildman–Crippen MR) is 103 cm³/mol. The van der Waals surface area contributed by atoms with E-state index in [4.69, 9.17) is 16.3 Å². The van der Waals surface area contributed by atoms with Gasteiger partial charge in [0.05, 0.1) is 12.3 Å². The van der Waals surface area contributed by atoms with Crippen LogP contribution in [0.25, 0.3) is 11.3 Å². The number of hydrogen-bond acceptors (Lipinski definition) is 4. The van der Waals surface area contributed by atoms with Crippen molar-refractivity contribution in [1.82, 2.24) is 14.7 Å². The predicted octanol–water partition coefficient (Wildman–Crippen LogP) is 3.26. The number of fused-ring (bicyclic) bond motifs is 3. The van der Waals surface area contributed by atoms with Crippen LogP contribution in [0.3, 0.4) is 0 Å². The van der Waals surface area contributed by atoms with E-state index in [0.29, 0.717) is 36.3 Å². The average molecular weight is 390 g/mol. The zero-order valence-corrected chi connectivity index (χ0v) is 16.2. The summed E-state index contributed by atoms with van der Waals surface area (Å²) in [6.07, 6.45) is 4.72. The molecule has 6 nitrogen and oxygen atoms in total. The fourth-order valence-corrected chi connectivity index (χ4v) is 4.40. The largest absolute Gasteiger partial charge is 0.488 e. The molecule has 1 aliphatic carbocycles.